The summed E-state index contributed by atoms with van der Waals surface area (Å²) in [4.78, 5) is 12.3. The Morgan fingerprint density at radius 1 is 0.833 bits per heavy atom. The molecule has 0 heterocycles. The molecule has 8 heteroatoms. The van der Waals surface area contributed by atoms with Gasteiger partial charge >= 0.3 is 5.97 Å². The van der Waals surface area contributed by atoms with Crippen LogP contribution in [0.5, 0.6) is 11.5 Å². The summed E-state index contributed by atoms with van der Waals surface area (Å²) in [5, 5.41) is -1.29. The Morgan fingerprint density at radius 3 is 1.53 bits per heavy atom. The van der Waals surface area contributed by atoms with Crippen molar-refractivity contribution >= 4 is 16.0 Å². The first kappa shape index (κ1) is 23.7. The predicted molar refractivity (Wildman–Crippen MR) is 115 cm³/mol. The normalized spacial score (nSPS) is 12.6. The molecule has 1 atom stereocenters. The second kappa shape index (κ2) is 10.4. The molecule has 2 aromatic carbocycles. The van der Waals surface area contributed by atoms with E-state index in [-0.39, 0.29) is 13.1 Å². The number of hydrogen-bond acceptors (Lipinski definition) is 6. The first-order chi connectivity index (χ1) is 14.2. The maximum absolute atomic E-state index is 13.5. The van der Waals surface area contributed by atoms with Crippen LogP contribution in [0.1, 0.15) is 25.0 Å². The topological polar surface area (TPSA) is 82.1 Å². The Morgan fingerprint density at radius 2 is 1.23 bits per heavy atom. The van der Waals surface area contributed by atoms with Crippen LogP contribution in [0.15, 0.2) is 48.5 Å². The first-order valence-corrected chi connectivity index (χ1v) is 11.1. The van der Waals surface area contributed by atoms with Gasteiger partial charge in [0.15, 0.2) is 5.25 Å². The number of methoxy groups -OCH3 is 3. The fraction of sp³-hybridized carbons (Fsp3) is 0.409. The molecule has 0 N–H and O–H groups in total. The lowest BCUT2D eigenvalue weighted by atomic mass is 10.1. The summed E-state index contributed by atoms with van der Waals surface area (Å²) >= 11 is 0. The third-order valence-corrected chi connectivity index (χ3v) is 7.11. The highest BCUT2D eigenvalue weighted by Crippen LogP contribution is 2.24. The highest BCUT2D eigenvalue weighted by Gasteiger charge is 2.40. The second-order valence-corrected chi connectivity index (χ2v) is 9.25. The number of nitrogens with zero attached hydrogens (tertiary/aromatic N) is 1. The Bertz CT molecular complexity index is 874. The highest BCUT2D eigenvalue weighted by atomic mass is 32.2. The second-order valence-electron chi connectivity index (χ2n) is 7.20. The number of carbonyl (C=O) groups is 1. The van der Waals surface area contributed by atoms with E-state index in [1.165, 1.54) is 11.4 Å². The molecule has 0 unspecified atom stereocenters. The van der Waals surface area contributed by atoms with Gasteiger partial charge in [-0.3, -0.25) is 4.79 Å². The van der Waals surface area contributed by atoms with Crippen LogP contribution in [0.4, 0.5) is 0 Å². The maximum atomic E-state index is 13.5. The van der Waals surface area contributed by atoms with Gasteiger partial charge in [-0.05, 0) is 41.3 Å². The van der Waals surface area contributed by atoms with E-state index in [1.807, 2.05) is 0 Å². The van der Waals surface area contributed by atoms with Crippen LogP contribution < -0.4 is 9.47 Å². The van der Waals surface area contributed by atoms with Crippen molar-refractivity contribution in [2.75, 3.05) is 21.3 Å². The summed E-state index contributed by atoms with van der Waals surface area (Å²) in [5.74, 6) is 0.145. The number of rotatable bonds is 10. The molecule has 0 spiro atoms. The molecule has 0 aliphatic carbocycles. The Balaban J connectivity index is 2.42. The summed E-state index contributed by atoms with van der Waals surface area (Å²) in [7, 11) is 0.331. The van der Waals surface area contributed by atoms with E-state index in [1.54, 1.807) is 76.6 Å². The third-order valence-electron chi connectivity index (χ3n) is 4.76. The summed E-state index contributed by atoms with van der Waals surface area (Å²) in [5.41, 5.74) is 1.56. The predicted octanol–water partition coefficient (Wildman–Crippen LogP) is 3.23. The van der Waals surface area contributed by atoms with E-state index < -0.39 is 27.2 Å². The van der Waals surface area contributed by atoms with Gasteiger partial charge in [0.25, 0.3) is 0 Å². The van der Waals surface area contributed by atoms with Crippen LogP contribution in [0, 0.1) is 5.92 Å². The number of carbonyl (C=O) groups excluding carboxylic acids is 1. The minimum Gasteiger partial charge on any atom is -0.497 e. The standard InChI is InChI=1S/C22H29NO6S/c1-16(2)21(22(24)29-5)30(25,26)23(14-17-6-10-19(27-3)11-7-17)15-18-8-12-20(28-4)13-9-18/h6-13,16,21H,14-15H2,1-5H3/t21-/m0/s1. The molecule has 0 aliphatic heterocycles. The van der Waals surface area contributed by atoms with Crippen LogP contribution >= 0.6 is 0 Å². The van der Waals surface area contributed by atoms with Crippen molar-refractivity contribution in [2.45, 2.75) is 32.2 Å². The van der Waals surface area contributed by atoms with Crippen molar-refractivity contribution in [3.05, 3.63) is 59.7 Å². The van der Waals surface area contributed by atoms with Crippen LogP contribution in [0.2, 0.25) is 0 Å². The lowest BCUT2D eigenvalue weighted by Gasteiger charge is -2.28. The van der Waals surface area contributed by atoms with Gasteiger partial charge in [0, 0.05) is 13.1 Å². The first-order valence-electron chi connectivity index (χ1n) is 9.55. The van der Waals surface area contributed by atoms with Gasteiger partial charge in [-0.15, -0.1) is 0 Å². The fourth-order valence-corrected chi connectivity index (χ4v) is 5.13. The number of hydrogen-bond donors (Lipinski definition) is 0. The lowest BCUT2D eigenvalue weighted by Crippen LogP contribution is -2.45. The molecule has 7 nitrogen and oxygen atoms in total. The van der Waals surface area contributed by atoms with E-state index in [0.717, 1.165) is 11.1 Å². The summed E-state index contributed by atoms with van der Waals surface area (Å²) in [6.45, 7) is 3.60. The number of ether oxygens (including phenoxy) is 3. The quantitative estimate of drug-likeness (QED) is 0.533. The monoisotopic (exact) mass is 435 g/mol. The van der Waals surface area contributed by atoms with E-state index in [9.17, 15) is 13.2 Å². The van der Waals surface area contributed by atoms with Gasteiger partial charge in [-0.2, -0.15) is 4.31 Å². The third kappa shape index (κ3) is 5.73. The van der Waals surface area contributed by atoms with Crippen LogP contribution in [-0.4, -0.2) is 45.3 Å². The zero-order valence-electron chi connectivity index (χ0n) is 18.0. The molecular formula is C22H29NO6S. The van der Waals surface area contributed by atoms with Crippen molar-refractivity contribution in [3.8, 4) is 11.5 Å². The molecule has 0 saturated carbocycles. The average Bonchev–Trinajstić information content (AvgIpc) is 2.73. The van der Waals surface area contributed by atoms with Crippen molar-refractivity contribution in [2.24, 2.45) is 5.92 Å². The molecule has 0 saturated heterocycles. The maximum Gasteiger partial charge on any atom is 0.325 e. The molecular weight excluding hydrogens is 406 g/mol. The molecule has 0 aromatic heterocycles. The van der Waals surface area contributed by atoms with Crippen molar-refractivity contribution < 1.29 is 27.4 Å². The molecule has 2 aromatic rings. The van der Waals surface area contributed by atoms with Gasteiger partial charge in [0.1, 0.15) is 11.5 Å². The Labute approximate surface area is 178 Å². The Hall–Kier alpha value is -2.58. The Kier molecular flexibility index (Phi) is 8.25. The zero-order valence-corrected chi connectivity index (χ0v) is 18.8. The summed E-state index contributed by atoms with van der Waals surface area (Å²) in [6, 6.07) is 14.3. The molecule has 164 valence electrons. The molecule has 0 aliphatic rings. The molecule has 0 radical (unpaired) electrons. The highest BCUT2D eigenvalue weighted by molar-refractivity contribution is 7.90. The van der Waals surface area contributed by atoms with Crippen LogP contribution in [0.3, 0.4) is 0 Å². The van der Waals surface area contributed by atoms with Crippen LogP contribution in [-0.2, 0) is 32.6 Å². The molecule has 0 fully saturated rings. The smallest absolute Gasteiger partial charge is 0.325 e. The van der Waals surface area contributed by atoms with Crippen molar-refractivity contribution in [1.82, 2.24) is 4.31 Å². The summed E-state index contributed by atoms with van der Waals surface area (Å²) in [6.07, 6.45) is 0. The number of sulfonamides is 1. The van der Waals surface area contributed by atoms with Gasteiger partial charge in [-0.1, -0.05) is 38.1 Å². The fourth-order valence-electron chi connectivity index (χ4n) is 3.12. The van der Waals surface area contributed by atoms with Gasteiger partial charge in [-0.25, -0.2) is 8.42 Å². The van der Waals surface area contributed by atoms with E-state index in [0.29, 0.717) is 11.5 Å². The number of esters is 1. The minimum absolute atomic E-state index is 0.110. The molecule has 0 amide bonds. The van der Waals surface area contributed by atoms with Gasteiger partial charge in [0.05, 0.1) is 21.3 Å². The largest absolute Gasteiger partial charge is 0.497 e. The SMILES string of the molecule is COC(=O)[C@H](C(C)C)S(=O)(=O)N(Cc1ccc(OC)cc1)Cc1ccc(OC)cc1. The van der Waals surface area contributed by atoms with Gasteiger partial charge < -0.3 is 14.2 Å². The zero-order chi connectivity index (χ0) is 22.3. The lowest BCUT2D eigenvalue weighted by molar-refractivity contribution is -0.141. The van der Waals surface area contributed by atoms with Crippen molar-refractivity contribution in [3.63, 3.8) is 0 Å². The van der Waals surface area contributed by atoms with E-state index in [2.05, 4.69) is 0 Å². The van der Waals surface area contributed by atoms with E-state index >= 15 is 0 Å². The average molecular weight is 436 g/mol. The minimum atomic E-state index is -4.01. The van der Waals surface area contributed by atoms with E-state index in [4.69, 9.17) is 14.2 Å². The van der Waals surface area contributed by atoms with Crippen molar-refractivity contribution in [1.29, 1.82) is 0 Å². The molecule has 30 heavy (non-hydrogen) atoms. The van der Waals surface area contributed by atoms with Crippen LogP contribution in [0.25, 0.3) is 0 Å². The molecule has 0 bridgehead atoms. The summed E-state index contributed by atoms with van der Waals surface area (Å²) < 4.78 is 43.5. The number of benzene rings is 2. The van der Waals surface area contributed by atoms with Gasteiger partial charge in [0.2, 0.25) is 10.0 Å². The molecule has 2 rings (SSSR count).